The van der Waals surface area contributed by atoms with Crippen LogP contribution >= 0.6 is 0 Å². The smallest absolute Gasteiger partial charge is 0.250 e. The van der Waals surface area contributed by atoms with Crippen LogP contribution in [0.3, 0.4) is 0 Å². The van der Waals surface area contributed by atoms with E-state index in [1.807, 2.05) is 25.1 Å². The molecule has 0 fully saturated rings. The molecule has 2 aromatic rings. The van der Waals surface area contributed by atoms with Crippen molar-refractivity contribution in [1.29, 1.82) is 0 Å². The molecule has 2 N–H and O–H groups in total. The number of hydrogen-bond donors (Lipinski definition) is 1. The van der Waals surface area contributed by atoms with Crippen LogP contribution in [0.1, 0.15) is 15.9 Å². The zero-order chi connectivity index (χ0) is 10.1. The number of para-hydroxylation sites is 1. The van der Waals surface area contributed by atoms with Gasteiger partial charge in [0.15, 0.2) is 0 Å². The number of fused-ring (bicyclic) bond motifs is 1. The topological polar surface area (TPSA) is 56.0 Å². The number of pyridine rings is 1. The first-order valence-corrected chi connectivity index (χ1v) is 4.33. The van der Waals surface area contributed by atoms with Crippen LogP contribution in [-0.2, 0) is 0 Å². The normalized spacial score (nSPS) is 10.4. The SMILES string of the molecule is Cc1cccc2cc(C(N)=O)cnc12. The maximum Gasteiger partial charge on any atom is 0.250 e. The lowest BCUT2D eigenvalue weighted by molar-refractivity contribution is 0.1000. The van der Waals surface area contributed by atoms with Gasteiger partial charge in [-0.3, -0.25) is 9.78 Å². The number of nitrogens with zero attached hydrogens (tertiary/aromatic N) is 1. The minimum absolute atomic E-state index is 0.444. The van der Waals surface area contributed by atoms with Gasteiger partial charge in [-0.1, -0.05) is 18.2 Å². The van der Waals surface area contributed by atoms with Crippen molar-refractivity contribution in [2.75, 3.05) is 0 Å². The third-order valence-electron chi connectivity index (χ3n) is 2.20. The summed E-state index contributed by atoms with van der Waals surface area (Å²) < 4.78 is 0. The Labute approximate surface area is 81.6 Å². The lowest BCUT2D eigenvalue weighted by atomic mass is 10.1. The van der Waals surface area contributed by atoms with Crippen molar-refractivity contribution in [2.24, 2.45) is 5.73 Å². The van der Waals surface area contributed by atoms with Crippen LogP contribution < -0.4 is 5.73 Å². The molecule has 70 valence electrons. The first-order valence-electron chi connectivity index (χ1n) is 4.33. The Bertz CT molecular complexity index is 506. The summed E-state index contributed by atoms with van der Waals surface area (Å²) >= 11 is 0. The standard InChI is InChI=1S/C11H10N2O/c1-7-3-2-4-8-5-9(11(12)14)6-13-10(7)8/h2-6H,1H3,(H2,12,14). The summed E-state index contributed by atoms with van der Waals surface area (Å²) in [6, 6.07) is 7.60. The van der Waals surface area contributed by atoms with Gasteiger partial charge >= 0.3 is 0 Å². The average Bonchev–Trinajstić information content (AvgIpc) is 2.17. The van der Waals surface area contributed by atoms with Gasteiger partial charge in [0.25, 0.3) is 0 Å². The molecule has 0 spiro atoms. The second kappa shape index (κ2) is 3.10. The van der Waals surface area contributed by atoms with E-state index in [2.05, 4.69) is 4.98 Å². The number of aryl methyl sites for hydroxylation is 1. The Morgan fingerprint density at radius 1 is 1.43 bits per heavy atom. The van der Waals surface area contributed by atoms with Crippen molar-refractivity contribution in [3.8, 4) is 0 Å². The number of amides is 1. The highest BCUT2D eigenvalue weighted by Gasteiger charge is 2.03. The maximum atomic E-state index is 10.9. The quantitative estimate of drug-likeness (QED) is 0.736. The summed E-state index contributed by atoms with van der Waals surface area (Å²) in [5.41, 5.74) is 7.62. The maximum absolute atomic E-state index is 10.9. The Morgan fingerprint density at radius 3 is 2.93 bits per heavy atom. The molecule has 1 amide bonds. The summed E-state index contributed by atoms with van der Waals surface area (Å²) in [5.74, 6) is -0.444. The highest BCUT2D eigenvalue weighted by Crippen LogP contribution is 2.16. The summed E-state index contributed by atoms with van der Waals surface area (Å²) in [6.45, 7) is 1.99. The van der Waals surface area contributed by atoms with E-state index in [1.54, 1.807) is 6.07 Å². The van der Waals surface area contributed by atoms with E-state index in [1.165, 1.54) is 6.20 Å². The Kier molecular flexibility index (Phi) is 1.93. The molecule has 14 heavy (non-hydrogen) atoms. The number of hydrogen-bond acceptors (Lipinski definition) is 2. The van der Waals surface area contributed by atoms with Crippen molar-refractivity contribution in [3.05, 3.63) is 41.6 Å². The largest absolute Gasteiger partial charge is 0.366 e. The Hall–Kier alpha value is -1.90. The highest BCUT2D eigenvalue weighted by molar-refractivity contribution is 5.96. The van der Waals surface area contributed by atoms with Gasteiger partial charge in [0.1, 0.15) is 0 Å². The molecule has 0 unspecified atom stereocenters. The molecule has 0 radical (unpaired) electrons. The molecular formula is C11H10N2O. The van der Waals surface area contributed by atoms with Crippen molar-refractivity contribution < 1.29 is 4.79 Å². The van der Waals surface area contributed by atoms with Gasteiger partial charge in [0.2, 0.25) is 5.91 Å². The van der Waals surface area contributed by atoms with Gasteiger partial charge in [-0.05, 0) is 18.6 Å². The molecule has 0 atom stereocenters. The number of carbonyl (C=O) groups excluding carboxylic acids is 1. The number of aromatic nitrogens is 1. The van der Waals surface area contributed by atoms with E-state index in [9.17, 15) is 4.79 Å². The van der Waals surface area contributed by atoms with Gasteiger partial charge in [-0.25, -0.2) is 0 Å². The molecule has 0 aliphatic heterocycles. The molecule has 0 aliphatic carbocycles. The molecule has 0 saturated heterocycles. The summed E-state index contributed by atoms with van der Waals surface area (Å²) in [6.07, 6.45) is 1.51. The van der Waals surface area contributed by atoms with Crippen LogP contribution in [0.15, 0.2) is 30.5 Å². The molecule has 1 aromatic heterocycles. The average molecular weight is 186 g/mol. The van der Waals surface area contributed by atoms with E-state index in [0.717, 1.165) is 16.5 Å². The monoisotopic (exact) mass is 186 g/mol. The molecule has 2 rings (SSSR count). The molecule has 1 aromatic carbocycles. The van der Waals surface area contributed by atoms with Gasteiger partial charge < -0.3 is 5.73 Å². The fraction of sp³-hybridized carbons (Fsp3) is 0.0909. The van der Waals surface area contributed by atoms with Gasteiger partial charge in [-0.15, -0.1) is 0 Å². The van der Waals surface area contributed by atoms with Crippen LogP contribution in [0, 0.1) is 6.92 Å². The fourth-order valence-corrected chi connectivity index (χ4v) is 1.45. The third kappa shape index (κ3) is 1.33. The lowest BCUT2D eigenvalue weighted by Crippen LogP contribution is -2.11. The van der Waals surface area contributed by atoms with Gasteiger partial charge in [-0.2, -0.15) is 0 Å². The predicted molar refractivity (Wildman–Crippen MR) is 55.0 cm³/mol. The van der Waals surface area contributed by atoms with Crippen molar-refractivity contribution in [2.45, 2.75) is 6.92 Å². The van der Waals surface area contributed by atoms with E-state index in [0.29, 0.717) is 5.56 Å². The zero-order valence-electron chi connectivity index (χ0n) is 7.82. The molecule has 3 heteroatoms. The first-order chi connectivity index (χ1) is 6.68. The summed E-state index contributed by atoms with van der Waals surface area (Å²) in [4.78, 5) is 15.1. The van der Waals surface area contributed by atoms with Crippen molar-refractivity contribution in [1.82, 2.24) is 4.98 Å². The predicted octanol–water partition coefficient (Wildman–Crippen LogP) is 1.64. The van der Waals surface area contributed by atoms with Gasteiger partial charge in [0.05, 0.1) is 11.1 Å². The highest BCUT2D eigenvalue weighted by atomic mass is 16.1. The second-order valence-electron chi connectivity index (χ2n) is 3.23. The molecule has 0 bridgehead atoms. The minimum atomic E-state index is -0.444. The molecule has 1 heterocycles. The first kappa shape index (κ1) is 8.69. The van der Waals surface area contributed by atoms with Crippen molar-refractivity contribution in [3.63, 3.8) is 0 Å². The number of primary amides is 1. The Morgan fingerprint density at radius 2 is 2.21 bits per heavy atom. The number of carbonyl (C=O) groups is 1. The second-order valence-corrected chi connectivity index (χ2v) is 3.23. The number of benzene rings is 1. The number of nitrogens with two attached hydrogens (primary N) is 1. The molecule has 0 saturated carbocycles. The summed E-state index contributed by atoms with van der Waals surface area (Å²) in [7, 11) is 0. The lowest BCUT2D eigenvalue weighted by Gasteiger charge is -2.01. The van der Waals surface area contributed by atoms with Crippen LogP contribution in [-0.4, -0.2) is 10.9 Å². The number of rotatable bonds is 1. The van der Waals surface area contributed by atoms with Gasteiger partial charge in [0, 0.05) is 11.6 Å². The fourth-order valence-electron chi connectivity index (χ4n) is 1.45. The van der Waals surface area contributed by atoms with Crippen molar-refractivity contribution >= 4 is 16.8 Å². The zero-order valence-corrected chi connectivity index (χ0v) is 7.82. The minimum Gasteiger partial charge on any atom is -0.366 e. The molecule has 3 nitrogen and oxygen atoms in total. The van der Waals surface area contributed by atoms with E-state index in [4.69, 9.17) is 5.73 Å². The van der Waals surface area contributed by atoms with E-state index in [-0.39, 0.29) is 0 Å². The van der Waals surface area contributed by atoms with Crippen LogP contribution in [0.25, 0.3) is 10.9 Å². The van der Waals surface area contributed by atoms with Crippen LogP contribution in [0.4, 0.5) is 0 Å². The third-order valence-corrected chi connectivity index (χ3v) is 2.20. The van der Waals surface area contributed by atoms with Crippen LogP contribution in [0.5, 0.6) is 0 Å². The van der Waals surface area contributed by atoms with Crippen LogP contribution in [0.2, 0.25) is 0 Å². The van der Waals surface area contributed by atoms with E-state index >= 15 is 0 Å². The Balaban J connectivity index is 2.73. The molecule has 0 aliphatic rings. The summed E-state index contributed by atoms with van der Waals surface area (Å²) in [5, 5.41) is 0.946. The van der Waals surface area contributed by atoms with E-state index < -0.39 is 5.91 Å². The molecular weight excluding hydrogens is 176 g/mol.